The number of fused-ring (bicyclic) bond motifs is 5. The summed E-state index contributed by atoms with van der Waals surface area (Å²) in [6.07, 6.45) is 10.5. The second-order valence-electron chi connectivity index (χ2n) is 14.6. The lowest BCUT2D eigenvalue weighted by Crippen LogP contribution is -2.60. The van der Waals surface area contributed by atoms with E-state index in [0.29, 0.717) is 47.5 Å². The van der Waals surface area contributed by atoms with Crippen LogP contribution in [0.5, 0.6) is 5.75 Å². The van der Waals surface area contributed by atoms with Crippen molar-refractivity contribution in [3.8, 4) is 5.75 Å². The van der Waals surface area contributed by atoms with E-state index < -0.39 is 0 Å². The number of benzene rings is 2. The quantitative estimate of drug-likeness (QED) is 0.290. The lowest BCUT2D eigenvalue weighted by atomic mass is 9.43. The number of para-hydroxylation sites is 1. The van der Waals surface area contributed by atoms with Crippen molar-refractivity contribution in [1.82, 2.24) is 0 Å². The van der Waals surface area contributed by atoms with Crippen LogP contribution in [0.2, 0.25) is 0 Å². The summed E-state index contributed by atoms with van der Waals surface area (Å²) in [7, 11) is 1.49. The number of ether oxygens (including phenoxy) is 3. The highest BCUT2D eigenvalue weighted by atomic mass is 16.5. The van der Waals surface area contributed by atoms with Crippen molar-refractivity contribution in [1.29, 1.82) is 0 Å². The Morgan fingerprint density at radius 2 is 1.60 bits per heavy atom. The Balaban J connectivity index is 1.23. The first-order valence-electron chi connectivity index (χ1n) is 16.8. The average Bonchev–Trinajstić information content (AvgIpc) is 3.39. The van der Waals surface area contributed by atoms with Gasteiger partial charge in [0.15, 0.2) is 0 Å². The van der Waals surface area contributed by atoms with Crippen molar-refractivity contribution in [2.24, 2.45) is 46.3 Å². The predicted molar refractivity (Wildman–Crippen MR) is 168 cm³/mol. The second-order valence-corrected chi connectivity index (χ2v) is 14.6. The number of esters is 2. The number of rotatable bonds is 8. The van der Waals surface area contributed by atoms with Crippen LogP contribution in [0.1, 0.15) is 95.3 Å². The molecule has 0 spiro atoms. The molecule has 2 aromatic rings. The monoisotopic (exact) mass is 586 g/mol. The first kappa shape index (κ1) is 30.2. The Kier molecular flexibility index (Phi) is 8.63. The average molecular weight is 587 g/mol. The molecule has 6 rings (SSSR count). The van der Waals surface area contributed by atoms with Gasteiger partial charge in [-0.15, -0.1) is 0 Å². The van der Waals surface area contributed by atoms with E-state index in [2.05, 4.69) is 51.1 Å². The van der Waals surface area contributed by atoms with E-state index in [0.717, 1.165) is 37.9 Å². The van der Waals surface area contributed by atoms with Gasteiger partial charge in [-0.25, -0.2) is 4.79 Å². The van der Waals surface area contributed by atoms with Gasteiger partial charge < -0.3 is 14.2 Å². The van der Waals surface area contributed by atoms with E-state index in [1.54, 1.807) is 0 Å². The molecule has 0 aromatic heterocycles. The molecule has 5 heteroatoms. The largest absolute Gasteiger partial charge is 0.490 e. The van der Waals surface area contributed by atoms with Gasteiger partial charge in [0.2, 0.25) is 0 Å². The summed E-state index contributed by atoms with van der Waals surface area (Å²) in [6.45, 7) is 7.43. The predicted octanol–water partition coefficient (Wildman–Crippen LogP) is 8.52. The molecule has 0 N–H and O–H groups in total. The van der Waals surface area contributed by atoms with Crippen molar-refractivity contribution in [2.45, 2.75) is 97.2 Å². The van der Waals surface area contributed by atoms with Gasteiger partial charge in [-0.2, -0.15) is 0 Å². The number of carbonyl (C=O) groups excluding carboxylic acids is 2. The van der Waals surface area contributed by atoms with E-state index in [1.165, 1.54) is 32.8 Å². The van der Waals surface area contributed by atoms with Crippen molar-refractivity contribution >= 4 is 11.9 Å². The molecule has 0 bridgehead atoms. The highest BCUT2D eigenvalue weighted by Crippen LogP contribution is 2.69. The van der Waals surface area contributed by atoms with Crippen molar-refractivity contribution in [3.05, 3.63) is 66.2 Å². The van der Waals surface area contributed by atoms with Crippen molar-refractivity contribution < 1.29 is 23.8 Å². The van der Waals surface area contributed by atoms with E-state index in [-0.39, 0.29) is 35.0 Å². The Morgan fingerprint density at radius 3 is 2.33 bits per heavy atom. The van der Waals surface area contributed by atoms with Gasteiger partial charge in [0.1, 0.15) is 18.0 Å². The molecule has 0 heterocycles. The molecule has 2 aromatic carbocycles. The van der Waals surface area contributed by atoms with Gasteiger partial charge in [0, 0.05) is 11.8 Å². The maximum Gasteiger partial charge on any atom is 0.338 e. The Hall–Kier alpha value is -2.82. The molecule has 5 nitrogen and oxygen atoms in total. The van der Waals surface area contributed by atoms with Crippen LogP contribution in [0.3, 0.4) is 0 Å². The molecule has 10 atom stereocenters. The summed E-state index contributed by atoms with van der Waals surface area (Å²) in [5, 5.41) is 0. The summed E-state index contributed by atoms with van der Waals surface area (Å²) in [5.74, 6) is 4.12. The van der Waals surface area contributed by atoms with Crippen LogP contribution in [0.25, 0.3) is 0 Å². The number of hydrogen-bond donors (Lipinski definition) is 0. The SMILES string of the molecule is COC(=O)CC[C@H](C)[C@H]1CC[C@H]2[C@@H]3CC[C@@H]4C[C@@H](OC(=O)c5ccccc5)CC[C@]4(C)[C@H]3C[C@H](Oc3ccccc3)[C@]12C. The molecular formula is C38H50O5. The lowest BCUT2D eigenvalue weighted by Gasteiger charge is -2.63. The molecule has 0 radical (unpaired) electrons. The zero-order chi connectivity index (χ0) is 30.2. The van der Waals surface area contributed by atoms with Crippen molar-refractivity contribution in [2.75, 3.05) is 7.11 Å². The van der Waals surface area contributed by atoms with Crippen LogP contribution < -0.4 is 4.74 Å². The minimum absolute atomic E-state index is 0.000857. The fourth-order valence-electron chi connectivity index (χ4n) is 10.5. The zero-order valence-electron chi connectivity index (χ0n) is 26.5. The molecule has 4 aliphatic carbocycles. The molecule has 0 aliphatic heterocycles. The second kappa shape index (κ2) is 12.3. The van der Waals surface area contributed by atoms with Crippen molar-refractivity contribution in [3.63, 3.8) is 0 Å². The normalized spacial score (nSPS) is 37.3. The van der Waals surface area contributed by atoms with E-state index in [4.69, 9.17) is 14.2 Å². The molecule has 232 valence electrons. The van der Waals surface area contributed by atoms with Crippen LogP contribution in [0, 0.1) is 46.3 Å². The van der Waals surface area contributed by atoms with E-state index in [9.17, 15) is 9.59 Å². The highest BCUT2D eigenvalue weighted by molar-refractivity contribution is 5.89. The minimum atomic E-state index is -0.189. The first-order chi connectivity index (χ1) is 20.7. The number of hydrogen-bond acceptors (Lipinski definition) is 5. The molecule has 4 saturated carbocycles. The van der Waals surface area contributed by atoms with Gasteiger partial charge in [-0.3, -0.25) is 4.79 Å². The maximum absolute atomic E-state index is 12.9. The fourth-order valence-corrected chi connectivity index (χ4v) is 10.5. The topological polar surface area (TPSA) is 61.8 Å². The smallest absolute Gasteiger partial charge is 0.338 e. The molecule has 4 aliphatic rings. The van der Waals surface area contributed by atoms with Crippen LogP contribution in [0.15, 0.2) is 60.7 Å². The third kappa shape index (κ3) is 5.62. The molecule has 43 heavy (non-hydrogen) atoms. The Morgan fingerprint density at radius 1 is 0.884 bits per heavy atom. The summed E-state index contributed by atoms with van der Waals surface area (Å²) < 4.78 is 18.1. The van der Waals surface area contributed by atoms with E-state index >= 15 is 0 Å². The van der Waals surface area contributed by atoms with Gasteiger partial charge in [-0.05, 0) is 123 Å². The Bertz CT molecular complexity index is 1260. The van der Waals surface area contributed by atoms with Gasteiger partial charge in [-0.1, -0.05) is 57.2 Å². The standard InChI is InChI=1S/C38H50O5/c1-25(15-20-35(39)41-4)31-18-19-32-30-17-16-27-23-29(43-36(40)26-11-7-5-8-12-26)21-22-37(27,2)33(30)24-34(38(31,32)3)42-28-13-9-6-10-14-28/h5-14,25,27,29-34H,15-24H2,1-4H3/t25-,27+,29-,30-,31+,32-,33-,34-,37-,38+/m0/s1. The Labute approximate surface area is 258 Å². The summed E-state index contributed by atoms with van der Waals surface area (Å²) in [6, 6.07) is 19.8. The molecular weight excluding hydrogens is 536 g/mol. The third-order valence-corrected chi connectivity index (χ3v) is 12.8. The molecule has 4 fully saturated rings. The lowest BCUT2D eigenvalue weighted by molar-refractivity contribution is -0.168. The van der Waals surface area contributed by atoms with Crippen LogP contribution in [-0.2, 0) is 14.3 Å². The zero-order valence-corrected chi connectivity index (χ0v) is 26.5. The van der Waals surface area contributed by atoms with Crippen LogP contribution in [0.4, 0.5) is 0 Å². The highest BCUT2D eigenvalue weighted by Gasteiger charge is 2.65. The van der Waals surface area contributed by atoms with Crippen LogP contribution >= 0.6 is 0 Å². The van der Waals surface area contributed by atoms with Gasteiger partial charge >= 0.3 is 11.9 Å². The van der Waals surface area contributed by atoms with E-state index in [1.807, 2.05) is 30.3 Å². The van der Waals surface area contributed by atoms with Gasteiger partial charge in [0.25, 0.3) is 0 Å². The summed E-state index contributed by atoms with van der Waals surface area (Å²) in [5.41, 5.74) is 0.939. The third-order valence-electron chi connectivity index (χ3n) is 12.8. The maximum atomic E-state index is 12.9. The number of methoxy groups -OCH3 is 1. The van der Waals surface area contributed by atoms with Crippen LogP contribution in [-0.4, -0.2) is 31.3 Å². The summed E-state index contributed by atoms with van der Waals surface area (Å²) in [4.78, 5) is 24.9. The molecule has 0 amide bonds. The molecule has 0 unspecified atom stereocenters. The fraction of sp³-hybridized carbons (Fsp3) is 0.632. The first-order valence-corrected chi connectivity index (χ1v) is 16.8. The molecule has 0 saturated heterocycles. The minimum Gasteiger partial charge on any atom is -0.490 e. The summed E-state index contributed by atoms with van der Waals surface area (Å²) >= 11 is 0. The van der Waals surface area contributed by atoms with Gasteiger partial charge in [0.05, 0.1) is 12.7 Å². The number of carbonyl (C=O) groups is 2.